The molecule has 0 bridgehead atoms. The Morgan fingerprint density at radius 2 is 2.19 bits per heavy atom. The molecule has 0 aromatic heterocycles. The number of aromatic hydroxyl groups is 2. The average molecular weight is 222 g/mol. The number of hydrogen-bond acceptors (Lipinski definition) is 4. The van der Waals surface area contributed by atoms with Gasteiger partial charge >= 0.3 is 5.97 Å². The number of rotatable bonds is 4. The third-order valence-corrected chi connectivity index (χ3v) is 1.89. The van der Waals surface area contributed by atoms with Gasteiger partial charge in [0.25, 0.3) is 0 Å². The van der Waals surface area contributed by atoms with Crippen LogP contribution in [0.4, 0.5) is 0 Å². The van der Waals surface area contributed by atoms with Crippen molar-refractivity contribution in [3.05, 3.63) is 29.8 Å². The molecule has 0 saturated carbocycles. The lowest BCUT2D eigenvalue weighted by atomic mass is 10.2. The van der Waals surface area contributed by atoms with Crippen molar-refractivity contribution in [3.63, 3.8) is 0 Å². The highest BCUT2D eigenvalue weighted by Gasteiger charge is 2.03. The van der Waals surface area contributed by atoms with Crippen molar-refractivity contribution in [2.24, 2.45) is 0 Å². The van der Waals surface area contributed by atoms with Crippen LogP contribution in [0.25, 0.3) is 6.08 Å². The molecule has 0 unspecified atom stereocenters. The number of carbonyl (C=O) groups excluding carboxylic acids is 1. The van der Waals surface area contributed by atoms with Crippen molar-refractivity contribution in [1.82, 2.24) is 0 Å². The molecule has 0 amide bonds. The van der Waals surface area contributed by atoms with Crippen LogP contribution in [0.3, 0.4) is 0 Å². The topological polar surface area (TPSA) is 66.8 Å². The Kier molecular flexibility index (Phi) is 4.39. The molecule has 0 atom stereocenters. The fraction of sp³-hybridized carbons (Fsp3) is 0.250. The third-order valence-electron chi connectivity index (χ3n) is 1.89. The van der Waals surface area contributed by atoms with Gasteiger partial charge in [0, 0.05) is 11.6 Å². The smallest absolute Gasteiger partial charge is 0.330 e. The summed E-state index contributed by atoms with van der Waals surface area (Å²) in [6, 6.07) is 4.52. The molecule has 1 aromatic rings. The minimum Gasteiger partial charge on any atom is -0.504 e. The van der Waals surface area contributed by atoms with Crippen LogP contribution < -0.4 is 0 Å². The summed E-state index contributed by atoms with van der Waals surface area (Å²) in [6.07, 6.45) is 3.37. The van der Waals surface area contributed by atoms with Crippen molar-refractivity contribution in [3.8, 4) is 11.5 Å². The second kappa shape index (κ2) is 5.80. The average Bonchev–Trinajstić information content (AvgIpc) is 2.28. The van der Waals surface area contributed by atoms with Crippen LogP contribution >= 0.6 is 0 Å². The molecule has 0 fully saturated rings. The maximum atomic E-state index is 11.1. The van der Waals surface area contributed by atoms with E-state index in [4.69, 9.17) is 4.74 Å². The summed E-state index contributed by atoms with van der Waals surface area (Å²) >= 11 is 0. The van der Waals surface area contributed by atoms with Crippen molar-refractivity contribution >= 4 is 12.0 Å². The number of ether oxygens (including phenoxy) is 1. The van der Waals surface area contributed by atoms with E-state index in [0.29, 0.717) is 12.2 Å². The molecule has 86 valence electrons. The lowest BCUT2D eigenvalue weighted by Gasteiger charge is -2.01. The zero-order chi connectivity index (χ0) is 12.0. The lowest BCUT2D eigenvalue weighted by molar-refractivity contribution is -0.137. The second-order valence-corrected chi connectivity index (χ2v) is 3.22. The third kappa shape index (κ3) is 3.31. The molecule has 0 saturated heterocycles. The van der Waals surface area contributed by atoms with E-state index < -0.39 is 5.97 Å². The Hall–Kier alpha value is -1.97. The molecular weight excluding hydrogens is 208 g/mol. The number of hydrogen-bond donors (Lipinski definition) is 2. The molecule has 4 heteroatoms. The Balaban J connectivity index is 2.69. The first-order valence-electron chi connectivity index (χ1n) is 5.01. The second-order valence-electron chi connectivity index (χ2n) is 3.22. The normalized spacial score (nSPS) is 10.6. The first-order valence-corrected chi connectivity index (χ1v) is 5.01. The van der Waals surface area contributed by atoms with Crippen molar-refractivity contribution < 1.29 is 19.7 Å². The molecule has 1 aromatic carbocycles. The summed E-state index contributed by atoms with van der Waals surface area (Å²) in [5, 5.41) is 18.6. The molecule has 4 nitrogen and oxygen atoms in total. The zero-order valence-corrected chi connectivity index (χ0v) is 9.01. The predicted molar refractivity (Wildman–Crippen MR) is 60.1 cm³/mol. The van der Waals surface area contributed by atoms with Crippen LogP contribution in [-0.2, 0) is 9.53 Å². The van der Waals surface area contributed by atoms with Crippen LogP contribution in [0.1, 0.15) is 18.9 Å². The van der Waals surface area contributed by atoms with Crippen LogP contribution in [-0.4, -0.2) is 22.8 Å². The van der Waals surface area contributed by atoms with Gasteiger partial charge in [-0.15, -0.1) is 0 Å². The Morgan fingerprint density at radius 1 is 1.44 bits per heavy atom. The van der Waals surface area contributed by atoms with Crippen molar-refractivity contribution in [1.29, 1.82) is 0 Å². The quantitative estimate of drug-likeness (QED) is 0.465. The Morgan fingerprint density at radius 3 is 2.88 bits per heavy atom. The lowest BCUT2D eigenvalue weighted by Crippen LogP contribution is -2.00. The molecule has 1 rings (SSSR count). The summed E-state index contributed by atoms with van der Waals surface area (Å²) < 4.78 is 4.81. The van der Waals surface area contributed by atoms with Crippen molar-refractivity contribution in [2.75, 3.05) is 6.61 Å². The van der Waals surface area contributed by atoms with Crippen LogP contribution in [0.2, 0.25) is 0 Å². The summed E-state index contributed by atoms with van der Waals surface area (Å²) in [7, 11) is 0. The van der Waals surface area contributed by atoms with E-state index in [1.807, 2.05) is 6.92 Å². The van der Waals surface area contributed by atoms with Gasteiger partial charge in [-0.25, -0.2) is 4.79 Å². The first-order chi connectivity index (χ1) is 7.65. The fourth-order valence-electron chi connectivity index (χ4n) is 1.09. The number of carbonyl (C=O) groups is 1. The van der Waals surface area contributed by atoms with Gasteiger partial charge < -0.3 is 14.9 Å². The molecule has 0 aliphatic rings. The van der Waals surface area contributed by atoms with E-state index >= 15 is 0 Å². The highest BCUT2D eigenvalue weighted by atomic mass is 16.5. The van der Waals surface area contributed by atoms with E-state index in [0.717, 1.165) is 6.42 Å². The summed E-state index contributed by atoms with van der Waals surface area (Å²) in [5.41, 5.74) is 0.369. The largest absolute Gasteiger partial charge is 0.504 e. The standard InChI is InChI=1S/C12H14O4/c1-2-8-16-11(14)7-6-9-4-3-5-10(13)12(9)15/h3-7,13,15H,2,8H2,1H3. The molecule has 0 aliphatic heterocycles. The van der Waals surface area contributed by atoms with Crippen LogP contribution in [0.15, 0.2) is 24.3 Å². The van der Waals surface area contributed by atoms with E-state index in [1.54, 1.807) is 12.1 Å². The van der Waals surface area contributed by atoms with Gasteiger partial charge in [-0.1, -0.05) is 19.1 Å². The van der Waals surface area contributed by atoms with Gasteiger partial charge in [0.2, 0.25) is 0 Å². The zero-order valence-electron chi connectivity index (χ0n) is 9.01. The number of phenolic OH excluding ortho intramolecular Hbond substituents is 2. The molecule has 0 aliphatic carbocycles. The monoisotopic (exact) mass is 222 g/mol. The van der Waals surface area contributed by atoms with Gasteiger partial charge in [0.15, 0.2) is 11.5 Å². The summed E-state index contributed by atoms with van der Waals surface area (Å²) in [4.78, 5) is 11.1. The predicted octanol–water partition coefficient (Wildman–Crippen LogP) is 2.06. The first kappa shape index (κ1) is 12.1. The Bertz CT molecular complexity index is 396. The number of benzene rings is 1. The van der Waals surface area contributed by atoms with Crippen molar-refractivity contribution in [2.45, 2.75) is 13.3 Å². The minimum absolute atomic E-state index is 0.218. The van der Waals surface area contributed by atoms with E-state index in [-0.39, 0.29) is 11.5 Å². The van der Waals surface area contributed by atoms with Gasteiger partial charge in [-0.3, -0.25) is 0 Å². The molecular formula is C12H14O4. The molecule has 2 N–H and O–H groups in total. The maximum Gasteiger partial charge on any atom is 0.330 e. The maximum absolute atomic E-state index is 11.1. The fourth-order valence-corrected chi connectivity index (χ4v) is 1.09. The molecule has 0 spiro atoms. The number of esters is 1. The van der Waals surface area contributed by atoms with Gasteiger partial charge in [0.1, 0.15) is 0 Å². The van der Waals surface area contributed by atoms with Crippen LogP contribution in [0.5, 0.6) is 11.5 Å². The van der Waals surface area contributed by atoms with E-state index in [2.05, 4.69) is 0 Å². The van der Waals surface area contributed by atoms with Gasteiger partial charge in [-0.2, -0.15) is 0 Å². The number of phenols is 2. The molecule has 0 heterocycles. The summed E-state index contributed by atoms with van der Waals surface area (Å²) in [6.45, 7) is 2.27. The minimum atomic E-state index is -0.468. The van der Waals surface area contributed by atoms with Gasteiger partial charge in [0.05, 0.1) is 6.61 Å². The highest BCUT2D eigenvalue weighted by molar-refractivity contribution is 5.87. The Labute approximate surface area is 93.8 Å². The summed E-state index contributed by atoms with van der Waals surface area (Å²) in [5.74, 6) is -0.935. The molecule has 16 heavy (non-hydrogen) atoms. The van der Waals surface area contributed by atoms with E-state index in [1.165, 1.54) is 18.2 Å². The highest BCUT2D eigenvalue weighted by Crippen LogP contribution is 2.28. The van der Waals surface area contributed by atoms with Crippen LogP contribution in [0, 0.1) is 0 Å². The SMILES string of the molecule is CCCOC(=O)C=Cc1cccc(O)c1O. The molecule has 0 radical (unpaired) electrons. The van der Waals surface area contributed by atoms with E-state index in [9.17, 15) is 15.0 Å². The number of para-hydroxylation sites is 1. The van der Waals surface area contributed by atoms with Gasteiger partial charge in [-0.05, 0) is 18.6 Å².